The molecule has 0 bridgehead atoms. The molecule has 0 aliphatic heterocycles. The van der Waals surface area contributed by atoms with E-state index in [0.717, 1.165) is 24.4 Å². The highest BCUT2D eigenvalue weighted by Crippen LogP contribution is 2.20. The molecule has 1 aliphatic rings. The van der Waals surface area contributed by atoms with E-state index >= 15 is 0 Å². The standard InChI is InChI=1S/C13H15O/c1-2-5-9-12(8-4-1)14-13-10-6-3-7-11-13/h6-8,10-11H,1-2,4-5,9H2. The predicted octanol–water partition coefficient (Wildman–Crippen LogP) is 3.71. The minimum atomic E-state index is 0.928. The van der Waals surface area contributed by atoms with Gasteiger partial charge in [-0.3, -0.25) is 0 Å². The predicted molar refractivity (Wildman–Crippen MR) is 57.1 cm³/mol. The molecule has 0 atom stereocenters. The molecule has 1 nitrogen and oxygen atoms in total. The van der Waals surface area contributed by atoms with Crippen molar-refractivity contribution in [3.63, 3.8) is 0 Å². The Hall–Kier alpha value is -1.24. The van der Waals surface area contributed by atoms with Crippen molar-refractivity contribution in [2.45, 2.75) is 32.1 Å². The van der Waals surface area contributed by atoms with Crippen LogP contribution in [0.15, 0.2) is 36.1 Å². The van der Waals surface area contributed by atoms with Crippen LogP contribution < -0.4 is 4.74 Å². The Kier molecular flexibility index (Phi) is 3.23. The topological polar surface area (TPSA) is 9.23 Å². The molecule has 73 valence electrons. The van der Waals surface area contributed by atoms with Crippen molar-refractivity contribution in [3.05, 3.63) is 42.2 Å². The van der Waals surface area contributed by atoms with Gasteiger partial charge in [0.25, 0.3) is 0 Å². The van der Waals surface area contributed by atoms with Crippen LogP contribution in [0.3, 0.4) is 0 Å². The number of rotatable bonds is 2. The van der Waals surface area contributed by atoms with E-state index in [4.69, 9.17) is 4.74 Å². The lowest BCUT2D eigenvalue weighted by atomic mass is 10.2. The fourth-order valence-electron chi connectivity index (χ4n) is 1.67. The van der Waals surface area contributed by atoms with E-state index in [1.54, 1.807) is 0 Å². The smallest absolute Gasteiger partial charge is 0.126 e. The highest BCUT2D eigenvalue weighted by molar-refractivity contribution is 5.22. The summed E-state index contributed by atoms with van der Waals surface area (Å²) in [4.78, 5) is 0. The number of hydrogen-bond donors (Lipinski definition) is 0. The van der Waals surface area contributed by atoms with Crippen molar-refractivity contribution in [1.29, 1.82) is 0 Å². The lowest BCUT2D eigenvalue weighted by molar-refractivity contribution is 0.400. The number of hydrogen-bond acceptors (Lipinski definition) is 1. The van der Waals surface area contributed by atoms with Crippen molar-refractivity contribution < 1.29 is 4.74 Å². The molecule has 2 rings (SSSR count). The molecule has 0 fully saturated rings. The molecule has 1 heteroatoms. The Balaban J connectivity index is 1.99. The monoisotopic (exact) mass is 187 g/mol. The average Bonchev–Trinajstić information content (AvgIpc) is 2.48. The molecule has 1 aromatic rings. The summed E-state index contributed by atoms with van der Waals surface area (Å²) in [5.41, 5.74) is 0. The third kappa shape index (κ3) is 2.63. The van der Waals surface area contributed by atoms with Crippen molar-refractivity contribution in [2.75, 3.05) is 0 Å². The van der Waals surface area contributed by atoms with Crippen LogP contribution in [-0.2, 0) is 0 Å². The first-order chi connectivity index (χ1) is 6.95. The van der Waals surface area contributed by atoms with E-state index in [1.807, 2.05) is 24.3 Å². The van der Waals surface area contributed by atoms with Crippen LogP contribution in [0.1, 0.15) is 32.1 Å². The van der Waals surface area contributed by atoms with Crippen LogP contribution in [0, 0.1) is 6.07 Å². The first-order valence-electron chi connectivity index (χ1n) is 5.28. The SMILES string of the molecule is [c]1ccc(OC2=CCCCCC2)cc1. The summed E-state index contributed by atoms with van der Waals surface area (Å²) in [5.74, 6) is 2.06. The van der Waals surface area contributed by atoms with Crippen LogP contribution in [-0.4, -0.2) is 0 Å². The van der Waals surface area contributed by atoms with Gasteiger partial charge < -0.3 is 4.74 Å². The third-order valence-corrected chi connectivity index (χ3v) is 2.44. The largest absolute Gasteiger partial charge is 0.462 e. The molecule has 1 radical (unpaired) electrons. The van der Waals surface area contributed by atoms with Crippen LogP contribution in [0.4, 0.5) is 0 Å². The zero-order valence-electron chi connectivity index (χ0n) is 8.33. The van der Waals surface area contributed by atoms with Gasteiger partial charge in [0.1, 0.15) is 11.5 Å². The molecule has 0 N–H and O–H groups in total. The van der Waals surface area contributed by atoms with Gasteiger partial charge in [-0.25, -0.2) is 0 Å². The van der Waals surface area contributed by atoms with E-state index in [1.165, 1.54) is 19.3 Å². The molecule has 1 aromatic carbocycles. The van der Waals surface area contributed by atoms with Gasteiger partial charge in [-0.2, -0.15) is 0 Å². The number of ether oxygens (including phenoxy) is 1. The van der Waals surface area contributed by atoms with Crippen molar-refractivity contribution in [1.82, 2.24) is 0 Å². The fourth-order valence-corrected chi connectivity index (χ4v) is 1.67. The summed E-state index contributed by atoms with van der Waals surface area (Å²) in [5, 5.41) is 0. The van der Waals surface area contributed by atoms with Gasteiger partial charge in [-0.15, -0.1) is 0 Å². The zero-order chi connectivity index (χ0) is 9.64. The van der Waals surface area contributed by atoms with Gasteiger partial charge in [0.2, 0.25) is 0 Å². The fraction of sp³-hybridized carbons (Fsp3) is 0.385. The molecule has 0 spiro atoms. The van der Waals surface area contributed by atoms with E-state index in [2.05, 4.69) is 12.1 Å². The molecular formula is C13H15O. The Morgan fingerprint density at radius 1 is 1.07 bits per heavy atom. The van der Waals surface area contributed by atoms with Crippen molar-refractivity contribution >= 4 is 0 Å². The summed E-state index contributed by atoms with van der Waals surface area (Å²) in [6.07, 6.45) is 8.35. The second-order valence-electron chi connectivity index (χ2n) is 3.61. The molecular weight excluding hydrogens is 172 g/mol. The summed E-state index contributed by atoms with van der Waals surface area (Å²) in [6.45, 7) is 0. The van der Waals surface area contributed by atoms with Crippen molar-refractivity contribution in [3.8, 4) is 5.75 Å². The van der Waals surface area contributed by atoms with Crippen LogP contribution in [0.25, 0.3) is 0 Å². The maximum Gasteiger partial charge on any atom is 0.126 e. The molecule has 0 amide bonds. The summed E-state index contributed by atoms with van der Waals surface area (Å²) in [7, 11) is 0. The maximum atomic E-state index is 5.78. The lowest BCUT2D eigenvalue weighted by Gasteiger charge is -2.07. The van der Waals surface area contributed by atoms with Gasteiger partial charge in [0.15, 0.2) is 0 Å². The molecule has 1 aliphatic carbocycles. The zero-order valence-corrected chi connectivity index (χ0v) is 8.33. The van der Waals surface area contributed by atoms with E-state index in [0.29, 0.717) is 0 Å². The van der Waals surface area contributed by atoms with E-state index in [-0.39, 0.29) is 0 Å². The molecule has 14 heavy (non-hydrogen) atoms. The van der Waals surface area contributed by atoms with E-state index in [9.17, 15) is 0 Å². The third-order valence-electron chi connectivity index (χ3n) is 2.44. The van der Waals surface area contributed by atoms with Gasteiger partial charge in [-0.1, -0.05) is 18.6 Å². The lowest BCUT2D eigenvalue weighted by Crippen LogP contribution is -1.93. The minimum absolute atomic E-state index is 0.928. The summed E-state index contributed by atoms with van der Waals surface area (Å²) in [6, 6.07) is 10.6. The first-order valence-corrected chi connectivity index (χ1v) is 5.28. The van der Waals surface area contributed by atoms with Gasteiger partial charge in [0, 0.05) is 6.42 Å². The van der Waals surface area contributed by atoms with Gasteiger partial charge in [-0.05, 0) is 43.5 Å². The Labute approximate surface area is 85.4 Å². The van der Waals surface area contributed by atoms with Crippen LogP contribution in [0.2, 0.25) is 0 Å². The minimum Gasteiger partial charge on any atom is -0.462 e. The van der Waals surface area contributed by atoms with Gasteiger partial charge in [0.05, 0.1) is 0 Å². The van der Waals surface area contributed by atoms with Crippen molar-refractivity contribution in [2.24, 2.45) is 0 Å². The Morgan fingerprint density at radius 2 is 1.93 bits per heavy atom. The van der Waals surface area contributed by atoms with E-state index < -0.39 is 0 Å². The first kappa shape index (κ1) is 9.32. The normalized spacial score (nSPS) is 17.0. The average molecular weight is 187 g/mol. The Bertz CT molecular complexity index is 300. The van der Waals surface area contributed by atoms with Crippen LogP contribution in [0.5, 0.6) is 5.75 Å². The Morgan fingerprint density at radius 3 is 2.79 bits per heavy atom. The quantitative estimate of drug-likeness (QED) is 0.685. The second kappa shape index (κ2) is 4.85. The summed E-state index contributed by atoms with van der Waals surface area (Å²) >= 11 is 0. The second-order valence-corrected chi connectivity index (χ2v) is 3.61. The molecule has 0 heterocycles. The summed E-state index contributed by atoms with van der Waals surface area (Å²) < 4.78 is 5.78. The van der Waals surface area contributed by atoms with Gasteiger partial charge >= 0.3 is 0 Å². The molecule has 0 saturated carbocycles. The molecule has 0 unspecified atom stereocenters. The highest BCUT2D eigenvalue weighted by Gasteiger charge is 2.04. The van der Waals surface area contributed by atoms with Crippen LogP contribution >= 0.6 is 0 Å². The molecule has 0 aromatic heterocycles. The number of benzene rings is 1. The number of allylic oxidation sites excluding steroid dienone is 2. The highest BCUT2D eigenvalue weighted by atomic mass is 16.5. The molecule has 0 saturated heterocycles. The maximum absolute atomic E-state index is 5.78.